The second-order valence-corrected chi connectivity index (χ2v) is 6.34. The third kappa shape index (κ3) is 2.40. The summed E-state index contributed by atoms with van der Waals surface area (Å²) in [5.74, 6) is -1.10. The van der Waals surface area contributed by atoms with E-state index in [2.05, 4.69) is 10.1 Å². The number of hydrogen-bond donors (Lipinski definition) is 0. The first-order chi connectivity index (χ1) is 11.6. The fraction of sp³-hybridized carbons (Fsp3) is 0.412. The van der Waals surface area contributed by atoms with Crippen LogP contribution in [-0.4, -0.2) is 26.6 Å². The second-order valence-electron chi connectivity index (χ2n) is 6.34. The van der Waals surface area contributed by atoms with E-state index in [9.17, 15) is 14.0 Å². The van der Waals surface area contributed by atoms with Crippen LogP contribution in [0, 0.1) is 17.7 Å². The van der Waals surface area contributed by atoms with Crippen LogP contribution < -0.4 is 4.90 Å². The third-order valence-corrected chi connectivity index (χ3v) is 4.86. The van der Waals surface area contributed by atoms with Gasteiger partial charge in [0.05, 0.1) is 18.4 Å². The number of amides is 2. The molecular weight excluding hydrogens is 311 g/mol. The molecule has 2 unspecified atom stereocenters. The lowest BCUT2D eigenvalue weighted by molar-refractivity contribution is -0.122. The Morgan fingerprint density at radius 2 is 1.75 bits per heavy atom. The molecule has 2 fully saturated rings. The number of benzene rings is 1. The van der Waals surface area contributed by atoms with Crippen molar-refractivity contribution in [3.63, 3.8) is 0 Å². The zero-order chi connectivity index (χ0) is 16.7. The van der Waals surface area contributed by atoms with Gasteiger partial charge in [-0.05, 0) is 18.9 Å². The lowest BCUT2D eigenvalue weighted by Gasteiger charge is -2.19. The molecule has 1 aliphatic heterocycles. The Bertz CT molecular complexity index is 779. The van der Waals surface area contributed by atoms with Crippen molar-refractivity contribution in [2.24, 2.45) is 11.8 Å². The molecule has 0 spiro atoms. The minimum atomic E-state index is -0.325. The van der Waals surface area contributed by atoms with Crippen LogP contribution in [0.1, 0.15) is 31.2 Å². The molecule has 0 bridgehead atoms. The third-order valence-electron chi connectivity index (χ3n) is 4.86. The maximum Gasteiger partial charge on any atom is 0.258 e. The van der Waals surface area contributed by atoms with Gasteiger partial charge in [-0.15, -0.1) is 5.10 Å². The molecule has 0 radical (unpaired) electrons. The minimum absolute atomic E-state index is 0.0933. The van der Waals surface area contributed by atoms with Crippen molar-refractivity contribution in [3.8, 4) is 0 Å². The van der Waals surface area contributed by atoms with Gasteiger partial charge < -0.3 is 0 Å². The van der Waals surface area contributed by atoms with Crippen LogP contribution in [0.4, 0.5) is 10.3 Å². The molecule has 1 aliphatic carbocycles. The van der Waals surface area contributed by atoms with Crippen molar-refractivity contribution >= 4 is 17.8 Å². The molecule has 2 aromatic rings. The normalized spacial score (nSPS) is 23.6. The van der Waals surface area contributed by atoms with Gasteiger partial charge in [-0.2, -0.15) is 4.98 Å². The lowest BCUT2D eigenvalue weighted by Crippen LogP contribution is -2.32. The van der Waals surface area contributed by atoms with E-state index >= 15 is 0 Å². The van der Waals surface area contributed by atoms with Gasteiger partial charge in [0.15, 0.2) is 0 Å². The Morgan fingerprint density at radius 1 is 1.08 bits per heavy atom. The van der Waals surface area contributed by atoms with Crippen molar-refractivity contribution in [1.82, 2.24) is 14.8 Å². The van der Waals surface area contributed by atoms with Gasteiger partial charge in [-0.1, -0.05) is 31.0 Å². The minimum Gasteiger partial charge on any atom is -0.274 e. The maximum absolute atomic E-state index is 13.7. The van der Waals surface area contributed by atoms with Crippen LogP contribution in [0.15, 0.2) is 30.6 Å². The van der Waals surface area contributed by atoms with Crippen LogP contribution in [0.3, 0.4) is 0 Å². The number of fused-ring (bicyclic) bond motifs is 1. The summed E-state index contributed by atoms with van der Waals surface area (Å²) >= 11 is 0. The largest absolute Gasteiger partial charge is 0.274 e. The molecule has 1 aromatic carbocycles. The first-order valence-corrected chi connectivity index (χ1v) is 8.16. The molecule has 2 heterocycles. The predicted molar refractivity (Wildman–Crippen MR) is 83.5 cm³/mol. The van der Waals surface area contributed by atoms with Crippen LogP contribution in [0.25, 0.3) is 0 Å². The second kappa shape index (κ2) is 5.81. The Hall–Kier alpha value is -2.57. The van der Waals surface area contributed by atoms with Gasteiger partial charge in [-0.3, -0.25) is 9.59 Å². The number of nitrogens with zero attached hydrogens (tertiary/aromatic N) is 4. The van der Waals surface area contributed by atoms with E-state index in [-0.39, 0.29) is 42.0 Å². The van der Waals surface area contributed by atoms with Crippen LogP contribution in [0.5, 0.6) is 0 Å². The Labute approximate surface area is 138 Å². The molecule has 2 amide bonds. The molecule has 2 atom stereocenters. The Balaban J connectivity index is 1.57. The van der Waals surface area contributed by atoms with Crippen LogP contribution in [0.2, 0.25) is 0 Å². The topological polar surface area (TPSA) is 68.1 Å². The van der Waals surface area contributed by atoms with Gasteiger partial charge in [0.2, 0.25) is 11.8 Å². The summed E-state index contributed by atoms with van der Waals surface area (Å²) in [6.45, 7) is 0.197. The van der Waals surface area contributed by atoms with Gasteiger partial charge in [0, 0.05) is 5.56 Å². The van der Waals surface area contributed by atoms with Crippen molar-refractivity contribution in [3.05, 3.63) is 42.0 Å². The standard InChI is InChI=1S/C17H17FN4O2/c18-14-8-4-1-5-11(14)9-21-10-19-17(20-21)22-15(23)12-6-2-3-7-13(12)16(22)24/h1,4-5,8,10,12-13H,2-3,6-7,9H2. The summed E-state index contributed by atoms with van der Waals surface area (Å²) in [7, 11) is 0. The molecule has 2 aliphatic rings. The Morgan fingerprint density at radius 3 is 2.42 bits per heavy atom. The maximum atomic E-state index is 13.7. The van der Waals surface area contributed by atoms with Crippen LogP contribution in [-0.2, 0) is 16.1 Å². The monoisotopic (exact) mass is 328 g/mol. The zero-order valence-corrected chi connectivity index (χ0v) is 13.1. The van der Waals surface area contributed by atoms with E-state index < -0.39 is 0 Å². The molecule has 1 saturated carbocycles. The quantitative estimate of drug-likeness (QED) is 0.810. The van der Waals surface area contributed by atoms with E-state index in [4.69, 9.17) is 0 Å². The van der Waals surface area contributed by atoms with Crippen LogP contribution >= 0.6 is 0 Å². The molecule has 7 heteroatoms. The molecule has 124 valence electrons. The first-order valence-electron chi connectivity index (χ1n) is 8.16. The molecule has 0 N–H and O–H groups in total. The predicted octanol–water partition coefficient (Wildman–Crippen LogP) is 2.15. The average Bonchev–Trinajstić information content (AvgIpc) is 3.14. The number of aromatic nitrogens is 3. The molecular formula is C17H17FN4O2. The lowest BCUT2D eigenvalue weighted by atomic mass is 9.81. The van der Waals surface area contributed by atoms with Crippen molar-refractivity contribution in [1.29, 1.82) is 0 Å². The van der Waals surface area contributed by atoms with E-state index in [1.54, 1.807) is 18.2 Å². The van der Waals surface area contributed by atoms with E-state index in [0.717, 1.165) is 30.6 Å². The van der Waals surface area contributed by atoms with Crippen molar-refractivity contribution in [2.75, 3.05) is 4.90 Å². The number of rotatable bonds is 3. The highest BCUT2D eigenvalue weighted by atomic mass is 19.1. The summed E-state index contributed by atoms with van der Waals surface area (Å²) in [5.41, 5.74) is 0.474. The summed E-state index contributed by atoms with van der Waals surface area (Å²) in [6.07, 6.45) is 4.88. The molecule has 24 heavy (non-hydrogen) atoms. The zero-order valence-electron chi connectivity index (χ0n) is 13.1. The Kier molecular flexibility index (Phi) is 3.63. The summed E-state index contributed by atoms with van der Waals surface area (Å²) < 4.78 is 15.2. The van der Waals surface area contributed by atoms with Crippen molar-refractivity contribution in [2.45, 2.75) is 32.2 Å². The number of anilines is 1. The van der Waals surface area contributed by atoms with Gasteiger partial charge >= 0.3 is 0 Å². The number of hydrogen-bond acceptors (Lipinski definition) is 4. The highest BCUT2D eigenvalue weighted by molar-refractivity contribution is 6.21. The summed E-state index contributed by atoms with van der Waals surface area (Å²) in [5, 5.41) is 4.21. The summed E-state index contributed by atoms with van der Waals surface area (Å²) in [4.78, 5) is 30.3. The van der Waals surface area contributed by atoms with Crippen molar-refractivity contribution < 1.29 is 14.0 Å². The number of imide groups is 1. The fourth-order valence-electron chi connectivity index (χ4n) is 3.62. The SMILES string of the molecule is O=C1C2CCCCC2C(=O)N1c1ncn(Cc2ccccc2F)n1. The molecule has 6 nitrogen and oxygen atoms in total. The van der Waals surface area contributed by atoms with Gasteiger partial charge in [-0.25, -0.2) is 14.0 Å². The smallest absolute Gasteiger partial charge is 0.258 e. The van der Waals surface area contributed by atoms with Gasteiger partial charge in [0.25, 0.3) is 5.95 Å². The van der Waals surface area contributed by atoms with E-state index in [1.165, 1.54) is 17.1 Å². The number of halogens is 1. The molecule has 4 rings (SSSR count). The summed E-state index contributed by atoms with van der Waals surface area (Å²) in [6, 6.07) is 6.41. The molecule has 1 aromatic heterocycles. The molecule has 1 saturated heterocycles. The van der Waals surface area contributed by atoms with Gasteiger partial charge in [0.1, 0.15) is 12.1 Å². The fourth-order valence-corrected chi connectivity index (χ4v) is 3.62. The van der Waals surface area contributed by atoms with E-state index in [1.807, 2.05) is 0 Å². The number of carbonyl (C=O) groups excluding carboxylic acids is 2. The van der Waals surface area contributed by atoms with E-state index in [0.29, 0.717) is 5.56 Å². The highest BCUT2D eigenvalue weighted by Gasteiger charge is 2.50. The first kappa shape index (κ1) is 15.0. The highest BCUT2D eigenvalue weighted by Crippen LogP contribution is 2.39. The average molecular weight is 328 g/mol. The number of carbonyl (C=O) groups is 2.